The Labute approximate surface area is 406 Å². The molecule has 5 aromatic rings. The second kappa shape index (κ2) is 19.4. The molecule has 2 atom stereocenters. The van der Waals surface area contributed by atoms with Crippen molar-refractivity contribution in [2.24, 2.45) is 13.0 Å². The second-order valence-electron chi connectivity index (χ2n) is 18.7. The molecule has 69 heavy (non-hydrogen) atoms. The molecule has 0 bridgehead atoms. The predicted octanol–water partition coefficient (Wildman–Crippen LogP) is 5.98. The highest BCUT2D eigenvalue weighted by Gasteiger charge is 2.37. The third-order valence-electron chi connectivity index (χ3n) is 13.9. The summed E-state index contributed by atoms with van der Waals surface area (Å²) in [5, 5.41) is 14.4. The molecule has 4 fully saturated rings. The van der Waals surface area contributed by atoms with Crippen LogP contribution in [0, 0.1) is 24.5 Å². The van der Waals surface area contributed by atoms with Crippen molar-refractivity contribution in [1.82, 2.24) is 34.9 Å². The van der Waals surface area contributed by atoms with Crippen molar-refractivity contribution >= 4 is 91.4 Å². The zero-order valence-corrected chi connectivity index (χ0v) is 41.6. The minimum absolute atomic E-state index is 0.0214. The van der Waals surface area contributed by atoms with Gasteiger partial charge in [-0.1, -0.05) is 0 Å². The lowest BCUT2D eigenvalue weighted by Crippen LogP contribution is -2.55. The van der Waals surface area contributed by atoms with Gasteiger partial charge in [0.2, 0.25) is 23.7 Å². The number of aryl methyl sites for hydroxylation is 2. The molecule has 9 rings (SSSR count). The molecule has 0 radical (unpaired) electrons. The van der Waals surface area contributed by atoms with Crippen molar-refractivity contribution in [2.45, 2.75) is 51.0 Å². The maximum atomic E-state index is 15.3. The Morgan fingerprint density at radius 3 is 2.28 bits per heavy atom. The van der Waals surface area contributed by atoms with E-state index in [0.717, 1.165) is 50.3 Å². The smallest absolute Gasteiger partial charge is 0.274 e. The first-order valence-electron chi connectivity index (χ1n) is 23.1. The van der Waals surface area contributed by atoms with E-state index in [1.165, 1.54) is 16.8 Å². The summed E-state index contributed by atoms with van der Waals surface area (Å²) in [6.07, 6.45) is 5.76. The number of rotatable bonds is 11. The number of imide groups is 1. The van der Waals surface area contributed by atoms with Crippen molar-refractivity contribution in [3.63, 3.8) is 0 Å². The van der Waals surface area contributed by atoms with Crippen LogP contribution in [-0.4, -0.2) is 126 Å². The van der Waals surface area contributed by atoms with Crippen molar-refractivity contribution in [3.05, 3.63) is 86.4 Å². The van der Waals surface area contributed by atoms with Gasteiger partial charge in [0.15, 0.2) is 0 Å². The van der Waals surface area contributed by atoms with Crippen LogP contribution < -0.4 is 41.4 Å². The van der Waals surface area contributed by atoms with Crippen molar-refractivity contribution in [1.29, 1.82) is 0 Å². The molecule has 0 saturated carbocycles. The number of nitrogens with zero attached hydrogens (tertiary/aromatic N) is 8. The molecule has 6 heterocycles. The van der Waals surface area contributed by atoms with Crippen LogP contribution in [0.5, 0.6) is 5.75 Å². The molecule has 21 heteroatoms. The molecule has 3 aromatic carbocycles. The van der Waals surface area contributed by atoms with E-state index < -0.39 is 36.5 Å². The summed E-state index contributed by atoms with van der Waals surface area (Å²) in [5.74, 6) is -2.74. The number of amides is 3. The molecule has 17 nitrogen and oxygen atoms in total. The van der Waals surface area contributed by atoms with Gasteiger partial charge in [-0.2, -0.15) is 10.1 Å². The van der Waals surface area contributed by atoms with Crippen molar-refractivity contribution < 1.29 is 32.5 Å². The Morgan fingerprint density at radius 2 is 1.59 bits per heavy atom. The third-order valence-corrected chi connectivity index (χ3v) is 16.0. The van der Waals surface area contributed by atoms with E-state index in [1.807, 2.05) is 21.9 Å². The molecular formula is C48H55BrF2N11O6P. The maximum Gasteiger partial charge on any atom is 0.274 e. The third kappa shape index (κ3) is 9.80. The topological polar surface area (TPSA) is 187 Å². The van der Waals surface area contributed by atoms with E-state index in [-0.39, 0.29) is 35.8 Å². The molecule has 364 valence electrons. The highest BCUT2D eigenvalue weighted by molar-refractivity contribution is 9.10. The first-order chi connectivity index (χ1) is 33.0. The van der Waals surface area contributed by atoms with Gasteiger partial charge in [0.05, 0.1) is 46.4 Å². The molecule has 4 saturated heterocycles. The van der Waals surface area contributed by atoms with E-state index in [2.05, 4.69) is 58.7 Å². The molecule has 0 spiro atoms. The Kier molecular flexibility index (Phi) is 13.5. The lowest BCUT2D eigenvalue weighted by atomic mass is 9.89. The number of aromatic nitrogens is 4. The van der Waals surface area contributed by atoms with Crippen LogP contribution in [0.1, 0.15) is 49.1 Å². The number of ether oxygens (including phenoxy) is 1. The zero-order chi connectivity index (χ0) is 48.9. The molecule has 3 amide bonds. The number of piperidine rings is 2. The number of hydrogen-bond acceptors (Lipinski definition) is 14. The van der Waals surface area contributed by atoms with Crippen LogP contribution >= 0.6 is 23.1 Å². The molecular weight excluding hydrogens is 975 g/mol. The summed E-state index contributed by atoms with van der Waals surface area (Å²) in [7, 11) is 0.287. The molecule has 4 aliphatic heterocycles. The van der Waals surface area contributed by atoms with Gasteiger partial charge in [-0.25, -0.2) is 18.4 Å². The summed E-state index contributed by atoms with van der Waals surface area (Å²) in [6.45, 7) is 10.7. The van der Waals surface area contributed by atoms with Crippen molar-refractivity contribution in [2.75, 3.05) is 93.2 Å². The summed E-state index contributed by atoms with van der Waals surface area (Å²) >= 11 is 3.56. The number of fused-ring (bicyclic) bond motifs is 1. The molecule has 0 aliphatic carbocycles. The first kappa shape index (κ1) is 48.1. The number of piperazine rings is 1. The van der Waals surface area contributed by atoms with Crippen LogP contribution in [-0.2, 0) is 26.0 Å². The van der Waals surface area contributed by atoms with Gasteiger partial charge in [0, 0.05) is 112 Å². The van der Waals surface area contributed by atoms with Crippen LogP contribution in [0.15, 0.2) is 58.1 Å². The highest BCUT2D eigenvalue weighted by Crippen LogP contribution is 2.42. The van der Waals surface area contributed by atoms with Gasteiger partial charge < -0.3 is 34.6 Å². The number of methoxy groups -OCH3 is 1. The fourth-order valence-corrected chi connectivity index (χ4v) is 12.1. The Balaban J connectivity index is 0.789. The number of halogens is 3. The lowest BCUT2D eigenvalue weighted by Gasteiger charge is -2.44. The SMILES string of the molecule is COc1cc(N2CCC(N3CCN(C(=O)[C@H]4CCN(c5cc(F)c(C6CCC(=O)NC6=O)c(F)c5)C4)CC3)CC2)c(C)cc1Nc1ncc(Br)c(Nc2ccc3c(=O)n(C)ncc3c2P(C)(C)=O)n1. The summed E-state index contributed by atoms with van der Waals surface area (Å²) in [6, 6.07) is 10.3. The van der Waals surface area contributed by atoms with E-state index in [1.54, 1.807) is 52.0 Å². The number of nitrogens with one attached hydrogen (secondary N) is 3. The average Bonchev–Trinajstić information content (AvgIpc) is 3.82. The molecule has 1 unspecified atom stereocenters. The van der Waals surface area contributed by atoms with Gasteiger partial charge in [-0.05, 0) is 97.8 Å². The van der Waals surface area contributed by atoms with Gasteiger partial charge in [-0.15, -0.1) is 0 Å². The van der Waals surface area contributed by atoms with Gasteiger partial charge in [0.25, 0.3) is 5.56 Å². The lowest BCUT2D eigenvalue weighted by molar-refractivity contribution is -0.137. The summed E-state index contributed by atoms with van der Waals surface area (Å²) in [5.41, 5.74) is 3.08. The average molecular weight is 1030 g/mol. The minimum Gasteiger partial charge on any atom is -0.494 e. The Bertz CT molecular complexity index is 2950. The van der Waals surface area contributed by atoms with Crippen LogP contribution in [0.2, 0.25) is 0 Å². The van der Waals surface area contributed by atoms with Crippen molar-refractivity contribution in [3.8, 4) is 5.75 Å². The number of carbonyl (C=O) groups is 3. The Morgan fingerprint density at radius 1 is 0.884 bits per heavy atom. The number of carbonyl (C=O) groups excluding carboxylic acids is 3. The van der Waals surface area contributed by atoms with E-state index in [9.17, 15) is 23.7 Å². The maximum absolute atomic E-state index is 15.3. The van der Waals surface area contributed by atoms with Crippen LogP contribution in [0.4, 0.5) is 43.3 Å². The van der Waals surface area contributed by atoms with Crippen LogP contribution in [0.25, 0.3) is 10.8 Å². The summed E-state index contributed by atoms with van der Waals surface area (Å²) < 4.78 is 51.9. The standard InChI is InChI=1S/C48H55BrF2N11O6P/c1-27-20-38(55-48-52-25-34(49)44(57-48)54-37-8-6-31-33(43(37)69(4,5)67)24-53-58(2)47(31)66)40(68-3)23-39(27)60-14-11-29(12-15-60)59-16-18-61(19-17-59)46(65)28-10-13-62(26-28)30-21-35(50)42(36(51)22-30)32-7-9-41(63)56-45(32)64/h6,8,20-25,28-29,32H,7,9-19,26H2,1-5H3,(H,56,63,64)(H2,52,54,55,57)/t28-,32?/m0/s1. The first-order valence-corrected chi connectivity index (χ1v) is 26.5. The second-order valence-corrected chi connectivity index (χ2v) is 22.7. The quantitative estimate of drug-likeness (QED) is 0.104. The summed E-state index contributed by atoms with van der Waals surface area (Å²) in [4.78, 5) is 68.4. The van der Waals surface area contributed by atoms with E-state index in [4.69, 9.17) is 9.72 Å². The number of hydrogen-bond donors (Lipinski definition) is 3. The predicted molar refractivity (Wildman–Crippen MR) is 265 cm³/mol. The fourth-order valence-electron chi connectivity index (χ4n) is 10.3. The van der Waals surface area contributed by atoms with E-state index >= 15 is 8.78 Å². The fraction of sp³-hybridized carbons (Fsp3) is 0.438. The molecule has 4 aliphatic rings. The number of anilines is 6. The highest BCUT2D eigenvalue weighted by atomic mass is 79.9. The number of benzene rings is 3. The molecule has 2 aromatic heterocycles. The Hall–Kier alpha value is -5.98. The monoisotopic (exact) mass is 1030 g/mol. The largest absolute Gasteiger partial charge is 0.494 e. The molecule has 3 N–H and O–H groups in total. The minimum atomic E-state index is -2.91. The zero-order valence-electron chi connectivity index (χ0n) is 39.2. The van der Waals surface area contributed by atoms with Gasteiger partial charge >= 0.3 is 0 Å². The van der Waals surface area contributed by atoms with Gasteiger partial charge in [-0.3, -0.25) is 29.4 Å². The normalized spacial score (nSPS) is 19.6. The van der Waals surface area contributed by atoms with Gasteiger partial charge in [0.1, 0.15) is 30.3 Å². The van der Waals surface area contributed by atoms with E-state index in [0.29, 0.717) is 93.8 Å². The van der Waals surface area contributed by atoms with Crippen LogP contribution in [0.3, 0.4) is 0 Å².